The van der Waals surface area contributed by atoms with Crippen LogP contribution in [0.3, 0.4) is 0 Å². The molecule has 0 saturated carbocycles. The molecule has 0 aliphatic heterocycles. The van der Waals surface area contributed by atoms with Crippen molar-refractivity contribution in [3.05, 3.63) is 65.7 Å². The van der Waals surface area contributed by atoms with Crippen molar-refractivity contribution in [2.75, 3.05) is 12.1 Å². The number of halogens is 3. The van der Waals surface area contributed by atoms with Crippen LogP contribution >= 0.6 is 0 Å². The quantitative estimate of drug-likeness (QED) is 0.631. The van der Waals surface area contributed by atoms with E-state index in [9.17, 15) is 18.0 Å². The van der Waals surface area contributed by atoms with E-state index in [-0.39, 0.29) is 5.56 Å². The molecule has 23 heavy (non-hydrogen) atoms. The maximum absolute atomic E-state index is 12.9. The Kier molecular flexibility index (Phi) is 4.83. The van der Waals surface area contributed by atoms with Gasteiger partial charge in [0.25, 0.3) is 5.78 Å². The van der Waals surface area contributed by atoms with Gasteiger partial charge in [0.05, 0.1) is 5.69 Å². The number of hydrazone groups is 1. The molecule has 2 aromatic rings. The van der Waals surface area contributed by atoms with Gasteiger partial charge in [-0.05, 0) is 19.1 Å². The number of carbonyl (C=O) groups is 1. The van der Waals surface area contributed by atoms with Crippen molar-refractivity contribution in [2.45, 2.75) is 13.1 Å². The Morgan fingerprint density at radius 2 is 1.57 bits per heavy atom. The molecule has 0 radical (unpaired) electrons. The lowest BCUT2D eigenvalue weighted by Gasteiger charge is -2.16. The molecule has 3 nitrogen and oxygen atoms in total. The highest BCUT2D eigenvalue weighted by Gasteiger charge is 2.42. The first-order chi connectivity index (χ1) is 10.8. The van der Waals surface area contributed by atoms with Crippen molar-refractivity contribution in [3.8, 4) is 0 Å². The fourth-order valence-corrected chi connectivity index (χ4v) is 1.93. The maximum atomic E-state index is 12.9. The minimum Gasteiger partial charge on any atom is -0.282 e. The van der Waals surface area contributed by atoms with Crippen molar-refractivity contribution in [3.63, 3.8) is 0 Å². The molecule has 0 heterocycles. The Labute approximate surface area is 132 Å². The van der Waals surface area contributed by atoms with E-state index >= 15 is 0 Å². The van der Waals surface area contributed by atoms with Crippen LogP contribution in [0, 0.1) is 6.92 Å². The van der Waals surface area contributed by atoms with E-state index in [1.165, 1.54) is 24.2 Å². The highest BCUT2D eigenvalue weighted by atomic mass is 19.4. The first-order valence-electron chi connectivity index (χ1n) is 6.85. The lowest BCUT2D eigenvalue weighted by Crippen LogP contribution is -2.33. The number of hydrogen-bond donors (Lipinski definition) is 0. The van der Waals surface area contributed by atoms with Gasteiger partial charge in [-0.3, -0.25) is 9.80 Å². The van der Waals surface area contributed by atoms with Crippen LogP contribution in [0.25, 0.3) is 0 Å². The van der Waals surface area contributed by atoms with Gasteiger partial charge in [0.2, 0.25) is 0 Å². The number of carbonyl (C=O) groups excluding carboxylic acids is 1. The predicted molar refractivity (Wildman–Crippen MR) is 83.6 cm³/mol. The first kappa shape index (κ1) is 16.7. The average molecular weight is 320 g/mol. The lowest BCUT2D eigenvalue weighted by atomic mass is 10.0. The standard InChI is InChI=1S/C17H15F3N2O/c1-12-8-10-13(11-9-12)15(16(23)17(18,19)20)21-22(2)14-6-4-3-5-7-14/h3-11H,1-2H3/b21-15-. The van der Waals surface area contributed by atoms with Crippen molar-refractivity contribution >= 4 is 17.2 Å². The molecule has 0 atom stereocenters. The molecule has 2 rings (SSSR count). The van der Waals surface area contributed by atoms with Crippen LogP contribution in [-0.4, -0.2) is 24.7 Å². The molecule has 2 aromatic carbocycles. The summed E-state index contributed by atoms with van der Waals surface area (Å²) < 4.78 is 38.6. The number of para-hydroxylation sites is 1. The van der Waals surface area contributed by atoms with E-state index in [1.54, 1.807) is 42.5 Å². The first-order valence-corrected chi connectivity index (χ1v) is 6.85. The highest BCUT2D eigenvalue weighted by Crippen LogP contribution is 2.21. The molecule has 0 spiro atoms. The van der Waals surface area contributed by atoms with Gasteiger partial charge in [-0.2, -0.15) is 18.3 Å². The summed E-state index contributed by atoms with van der Waals surface area (Å²) in [6, 6.07) is 14.8. The zero-order valence-electron chi connectivity index (χ0n) is 12.6. The fraction of sp³-hybridized carbons (Fsp3) is 0.176. The number of aryl methyl sites for hydroxylation is 1. The van der Waals surface area contributed by atoms with Crippen molar-refractivity contribution < 1.29 is 18.0 Å². The molecule has 120 valence electrons. The Morgan fingerprint density at radius 3 is 2.09 bits per heavy atom. The number of hydrogen-bond acceptors (Lipinski definition) is 3. The molecule has 6 heteroatoms. The minimum absolute atomic E-state index is 0.126. The number of Topliss-reactive ketones (excluding diaryl/α,β-unsaturated/α-hetero) is 1. The second kappa shape index (κ2) is 6.64. The number of nitrogens with zero attached hydrogens (tertiary/aromatic N) is 2. The second-order valence-electron chi connectivity index (χ2n) is 5.00. The van der Waals surface area contributed by atoms with Gasteiger partial charge in [-0.1, -0.05) is 48.0 Å². The Morgan fingerprint density at radius 1 is 1.00 bits per heavy atom. The molecule has 0 aliphatic carbocycles. The van der Waals surface area contributed by atoms with E-state index in [0.29, 0.717) is 5.69 Å². The van der Waals surface area contributed by atoms with Crippen LogP contribution in [0.2, 0.25) is 0 Å². The highest BCUT2D eigenvalue weighted by molar-refractivity contribution is 6.48. The average Bonchev–Trinajstić information content (AvgIpc) is 2.52. The van der Waals surface area contributed by atoms with Gasteiger partial charge >= 0.3 is 6.18 Å². The third-order valence-electron chi connectivity index (χ3n) is 3.18. The molecular weight excluding hydrogens is 305 g/mol. The number of benzene rings is 2. The molecule has 0 aliphatic rings. The summed E-state index contributed by atoms with van der Waals surface area (Å²) in [5, 5.41) is 5.14. The van der Waals surface area contributed by atoms with Crippen LogP contribution in [0.1, 0.15) is 11.1 Å². The SMILES string of the molecule is Cc1ccc(/C(=N/N(C)c2ccccc2)C(=O)C(F)(F)F)cc1. The Balaban J connectivity index is 2.47. The molecule has 0 bridgehead atoms. The molecule has 0 N–H and O–H groups in total. The zero-order valence-corrected chi connectivity index (χ0v) is 12.6. The van der Waals surface area contributed by atoms with Crippen LogP contribution < -0.4 is 5.01 Å². The van der Waals surface area contributed by atoms with Gasteiger partial charge in [-0.25, -0.2) is 0 Å². The summed E-state index contributed by atoms with van der Waals surface area (Å²) in [6.07, 6.45) is -4.98. The number of alkyl halides is 3. The summed E-state index contributed by atoms with van der Waals surface area (Å²) in [7, 11) is 1.49. The van der Waals surface area contributed by atoms with Crippen LogP contribution in [-0.2, 0) is 4.79 Å². The van der Waals surface area contributed by atoms with Gasteiger partial charge in [0.1, 0.15) is 5.71 Å². The van der Waals surface area contributed by atoms with Gasteiger partial charge in [-0.15, -0.1) is 0 Å². The normalized spacial score (nSPS) is 12.1. The van der Waals surface area contributed by atoms with E-state index in [4.69, 9.17) is 0 Å². The summed E-state index contributed by atoms with van der Waals surface area (Å²) in [4.78, 5) is 11.7. The summed E-state index contributed by atoms with van der Waals surface area (Å²) in [5.74, 6) is -1.97. The summed E-state index contributed by atoms with van der Waals surface area (Å²) in [6.45, 7) is 1.81. The molecular formula is C17H15F3N2O. The predicted octanol–water partition coefficient (Wildman–Crippen LogP) is 3.97. The summed E-state index contributed by atoms with van der Waals surface area (Å²) >= 11 is 0. The molecule has 0 saturated heterocycles. The molecule has 0 fully saturated rings. The lowest BCUT2D eigenvalue weighted by molar-refractivity contribution is -0.163. The fourth-order valence-electron chi connectivity index (χ4n) is 1.93. The van der Waals surface area contributed by atoms with Crippen molar-refractivity contribution in [2.24, 2.45) is 5.10 Å². The monoisotopic (exact) mass is 320 g/mol. The second-order valence-corrected chi connectivity index (χ2v) is 5.00. The number of anilines is 1. The number of ketones is 1. The van der Waals surface area contributed by atoms with E-state index < -0.39 is 17.7 Å². The Hall–Kier alpha value is -2.63. The van der Waals surface area contributed by atoms with Gasteiger partial charge < -0.3 is 0 Å². The van der Waals surface area contributed by atoms with Gasteiger partial charge in [0.15, 0.2) is 0 Å². The maximum Gasteiger partial charge on any atom is 0.456 e. The third kappa shape index (κ3) is 4.18. The topological polar surface area (TPSA) is 32.7 Å². The van der Waals surface area contributed by atoms with E-state index in [2.05, 4.69) is 5.10 Å². The van der Waals surface area contributed by atoms with Gasteiger partial charge in [0, 0.05) is 12.6 Å². The van der Waals surface area contributed by atoms with E-state index in [1.807, 2.05) is 6.92 Å². The molecule has 0 amide bonds. The Bertz CT molecular complexity index is 707. The third-order valence-corrected chi connectivity index (χ3v) is 3.18. The molecule has 0 unspecified atom stereocenters. The van der Waals surface area contributed by atoms with Crippen LogP contribution in [0.4, 0.5) is 18.9 Å². The molecule has 0 aromatic heterocycles. The minimum atomic E-state index is -4.98. The largest absolute Gasteiger partial charge is 0.456 e. The number of rotatable bonds is 4. The van der Waals surface area contributed by atoms with Crippen LogP contribution in [0.5, 0.6) is 0 Å². The van der Waals surface area contributed by atoms with E-state index in [0.717, 1.165) is 5.56 Å². The van der Waals surface area contributed by atoms with Crippen molar-refractivity contribution in [1.82, 2.24) is 0 Å². The van der Waals surface area contributed by atoms with Crippen molar-refractivity contribution in [1.29, 1.82) is 0 Å². The summed E-state index contributed by atoms with van der Waals surface area (Å²) in [5.41, 5.74) is 0.945. The van der Waals surface area contributed by atoms with Crippen LogP contribution in [0.15, 0.2) is 59.7 Å². The zero-order chi connectivity index (χ0) is 17.0. The smallest absolute Gasteiger partial charge is 0.282 e.